The Morgan fingerprint density at radius 3 is 2.59 bits per heavy atom. The quantitative estimate of drug-likeness (QED) is 0.409. The highest BCUT2D eigenvalue weighted by Crippen LogP contribution is 2.30. The van der Waals surface area contributed by atoms with Crippen LogP contribution in [0.25, 0.3) is 5.69 Å². The minimum atomic E-state index is -0.435. The summed E-state index contributed by atoms with van der Waals surface area (Å²) in [4.78, 5) is 23.6. The minimum absolute atomic E-state index is 0. The molecule has 1 fully saturated rings. The molecule has 0 atom stereocenters. The zero-order valence-corrected chi connectivity index (χ0v) is 18.7. The Hall–Kier alpha value is -2.94. The molecule has 1 amide bonds. The van der Waals surface area contributed by atoms with Crippen LogP contribution in [0.1, 0.15) is 40.4 Å². The number of aromatic nitrogens is 2. The number of amides is 1. The lowest BCUT2D eigenvalue weighted by Gasteiger charge is -2.24. The average Bonchev–Trinajstić information content (AvgIpc) is 3.23. The maximum Gasteiger partial charge on any atom is 0.269 e. The van der Waals surface area contributed by atoms with E-state index < -0.39 is 4.92 Å². The second-order valence-electron chi connectivity index (χ2n) is 7.47. The maximum atomic E-state index is 13.1. The Kier molecular flexibility index (Phi) is 7.84. The molecule has 0 aliphatic carbocycles. The molecule has 2 heterocycles. The predicted octanol–water partition coefficient (Wildman–Crippen LogP) is 4.25. The fraction of sp³-hybridized carbons (Fsp3) is 0.273. The van der Waals surface area contributed by atoms with Crippen molar-refractivity contribution < 1.29 is 9.72 Å². The van der Waals surface area contributed by atoms with Gasteiger partial charge in [0.25, 0.3) is 11.6 Å². The van der Waals surface area contributed by atoms with Gasteiger partial charge in [-0.1, -0.05) is 23.7 Å². The standard InChI is InChI=1S/C22H22ClN5O3.ClH/c23-17-3-1-2-15(12-17)13-25-22(29)20-14-26-27(21(20)16-8-10-24-11-9-16)18-4-6-19(7-5-18)28(30)31;/h1-7,12,14,16,24H,8-11,13H2,(H,25,29);1H. The lowest BCUT2D eigenvalue weighted by atomic mass is 9.91. The molecule has 0 bridgehead atoms. The van der Waals surface area contributed by atoms with Gasteiger partial charge in [-0.3, -0.25) is 14.9 Å². The Balaban J connectivity index is 0.00000289. The summed E-state index contributed by atoms with van der Waals surface area (Å²) in [5, 5.41) is 22.4. The van der Waals surface area contributed by atoms with Crippen molar-refractivity contribution in [1.29, 1.82) is 0 Å². The van der Waals surface area contributed by atoms with Crippen LogP contribution in [-0.2, 0) is 6.54 Å². The Labute approximate surface area is 196 Å². The first kappa shape index (κ1) is 23.7. The molecule has 0 saturated carbocycles. The largest absolute Gasteiger partial charge is 0.348 e. The Morgan fingerprint density at radius 2 is 1.94 bits per heavy atom. The van der Waals surface area contributed by atoms with E-state index in [1.54, 1.807) is 29.1 Å². The molecule has 1 aliphatic heterocycles. The van der Waals surface area contributed by atoms with E-state index >= 15 is 0 Å². The van der Waals surface area contributed by atoms with E-state index in [9.17, 15) is 14.9 Å². The summed E-state index contributed by atoms with van der Waals surface area (Å²) in [6, 6.07) is 13.6. The van der Waals surface area contributed by atoms with Crippen molar-refractivity contribution in [2.75, 3.05) is 13.1 Å². The lowest BCUT2D eigenvalue weighted by Crippen LogP contribution is -2.30. The summed E-state index contributed by atoms with van der Waals surface area (Å²) in [5.74, 6) is -0.0486. The molecule has 8 nitrogen and oxygen atoms in total. The van der Waals surface area contributed by atoms with Crippen LogP contribution < -0.4 is 10.6 Å². The first-order chi connectivity index (χ1) is 15.0. The van der Waals surface area contributed by atoms with E-state index in [0.717, 1.165) is 37.2 Å². The molecule has 10 heteroatoms. The van der Waals surface area contributed by atoms with Gasteiger partial charge in [-0.25, -0.2) is 4.68 Å². The number of hydrogen-bond donors (Lipinski definition) is 2. The third-order valence-corrected chi connectivity index (χ3v) is 5.66. The van der Waals surface area contributed by atoms with Gasteiger partial charge in [0.2, 0.25) is 0 Å². The topological polar surface area (TPSA) is 102 Å². The van der Waals surface area contributed by atoms with E-state index in [4.69, 9.17) is 11.6 Å². The van der Waals surface area contributed by atoms with Crippen molar-refractivity contribution in [3.8, 4) is 5.69 Å². The van der Waals surface area contributed by atoms with Crippen molar-refractivity contribution >= 4 is 35.6 Å². The number of rotatable bonds is 6. The Morgan fingerprint density at radius 1 is 1.22 bits per heavy atom. The number of benzene rings is 2. The average molecular weight is 476 g/mol. The van der Waals surface area contributed by atoms with Gasteiger partial charge >= 0.3 is 0 Å². The second kappa shape index (κ2) is 10.6. The van der Waals surface area contributed by atoms with Crippen molar-refractivity contribution in [3.63, 3.8) is 0 Å². The van der Waals surface area contributed by atoms with Gasteiger partial charge in [-0.2, -0.15) is 5.10 Å². The zero-order valence-electron chi connectivity index (χ0n) is 17.2. The van der Waals surface area contributed by atoms with Crippen LogP contribution in [0, 0.1) is 10.1 Å². The predicted molar refractivity (Wildman–Crippen MR) is 125 cm³/mol. The summed E-state index contributed by atoms with van der Waals surface area (Å²) in [7, 11) is 0. The van der Waals surface area contributed by atoms with Crippen molar-refractivity contribution in [2.45, 2.75) is 25.3 Å². The summed E-state index contributed by atoms with van der Waals surface area (Å²) >= 11 is 6.03. The van der Waals surface area contributed by atoms with Crippen LogP contribution in [0.4, 0.5) is 5.69 Å². The van der Waals surface area contributed by atoms with E-state index in [1.807, 2.05) is 18.2 Å². The summed E-state index contributed by atoms with van der Waals surface area (Å²) in [6.07, 6.45) is 3.34. The van der Waals surface area contributed by atoms with Crippen molar-refractivity contribution in [3.05, 3.63) is 86.7 Å². The summed E-state index contributed by atoms with van der Waals surface area (Å²) < 4.78 is 1.73. The minimum Gasteiger partial charge on any atom is -0.348 e. The van der Waals surface area contributed by atoms with Crippen LogP contribution in [0.2, 0.25) is 5.02 Å². The number of nitro groups is 1. The smallest absolute Gasteiger partial charge is 0.269 e. The van der Waals surface area contributed by atoms with Crippen molar-refractivity contribution in [2.24, 2.45) is 0 Å². The van der Waals surface area contributed by atoms with Gasteiger partial charge in [-0.05, 0) is 55.8 Å². The third kappa shape index (κ3) is 5.27. The number of halogens is 2. The number of hydrogen-bond acceptors (Lipinski definition) is 5. The Bertz CT molecular complexity index is 1100. The van der Waals surface area contributed by atoms with Gasteiger partial charge in [0.15, 0.2) is 0 Å². The van der Waals surface area contributed by atoms with Gasteiger partial charge in [0.1, 0.15) is 0 Å². The molecule has 0 spiro atoms. The molecular weight excluding hydrogens is 453 g/mol. The van der Waals surface area contributed by atoms with E-state index in [-0.39, 0.29) is 29.9 Å². The van der Waals surface area contributed by atoms with E-state index in [0.29, 0.717) is 22.8 Å². The normalized spacial score (nSPS) is 13.9. The molecule has 32 heavy (non-hydrogen) atoms. The molecule has 1 aromatic heterocycles. The van der Waals surface area contributed by atoms with Gasteiger partial charge in [0.05, 0.1) is 28.1 Å². The third-order valence-electron chi connectivity index (χ3n) is 5.42. The molecular formula is C22H23Cl2N5O3. The summed E-state index contributed by atoms with van der Waals surface area (Å²) in [6.45, 7) is 2.08. The zero-order chi connectivity index (χ0) is 21.8. The molecule has 3 aromatic rings. The number of nitrogens with zero attached hydrogens (tertiary/aromatic N) is 3. The lowest BCUT2D eigenvalue weighted by molar-refractivity contribution is -0.384. The molecule has 2 N–H and O–H groups in total. The number of non-ortho nitro benzene ring substituents is 1. The first-order valence-electron chi connectivity index (χ1n) is 10.1. The second-order valence-corrected chi connectivity index (χ2v) is 7.90. The monoisotopic (exact) mass is 475 g/mol. The molecule has 1 saturated heterocycles. The van der Waals surface area contributed by atoms with E-state index in [2.05, 4.69) is 15.7 Å². The highest BCUT2D eigenvalue weighted by molar-refractivity contribution is 6.30. The van der Waals surface area contributed by atoms with Crippen LogP contribution in [-0.4, -0.2) is 33.7 Å². The number of carbonyl (C=O) groups is 1. The van der Waals surface area contributed by atoms with Gasteiger partial charge in [-0.15, -0.1) is 12.4 Å². The molecule has 4 rings (SSSR count). The van der Waals surface area contributed by atoms with Crippen LogP contribution in [0.15, 0.2) is 54.7 Å². The van der Waals surface area contributed by atoms with Crippen molar-refractivity contribution in [1.82, 2.24) is 20.4 Å². The maximum absolute atomic E-state index is 13.1. The fourth-order valence-corrected chi connectivity index (χ4v) is 4.08. The van der Waals surface area contributed by atoms with Crippen LogP contribution in [0.3, 0.4) is 0 Å². The molecule has 168 valence electrons. The first-order valence-corrected chi connectivity index (χ1v) is 10.5. The van der Waals surface area contributed by atoms with Gasteiger partial charge < -0.3 is 10.6 Å². The van der Waals surface area contributed by atoms with Crippen LogP contribution >= 0.6 is 24.0 Å². The van der Waals surface area contributed by atoms with E-state index in [1.165, 1.54) is 12.1 Å². The molecule has 2 aromatic carbocycles. The number of nitro benzene ring substituents is 1. The SMILES string of the molecule is Cl.O=C(NCc1cccc(Cl)c1)c1cnn(-c2ccc([N+](=O)[O-])cc2)c1C1CCNCC1. The number of nitrogens with one attached hydrogen (secondary N) is 2. The summed E-state index contributed by atoms with van der Waals surface area (Å²) in [5.41, 5.74) is 2.96. The molecule has 0 unspecified atom stereocenters. The number of piperidine rings is 1. The van der Waals surface area contributed by atoms with Crippen LogP contribution in [0.5, 0.6) is 0 Å². The highest BCUT2D eigenvalue weighted by atomic mass is 35.5. The number of carbonyl (C=O) groups excluding carboxylic acids is 1. The fourth-order valence-electron chi connectivity index (χ4n) is 3.87. The molecule has 0 radical (unpaired) electrons. The van der Waals surface area contributed by atoms with Gasteiger partial charge in [0, 0.05) is 29.6 Å². The highest BCUT2D eigenvalue weighted by Gasteiger charge is 2.27. The molecule has 1 aliphatic rings.